The molecule has 1 unspecified atom stereocenters. The Hall–Kier alpha value is -0.710. The van der Waals surface area contributed by atoms with Crippen LogP contribution >= 0.6 is 12.6 Å². The second-order valence-electron chi connectivity index (χ2n) is 3.29. The van der Waals surface area contributed by atoms with E-state index in [2.05, 4.69) is 12.6 Å². The van der Waals surface area contributed by atoms with E-state index in [0.717, 1.165) is 19.4 Å². The summed E-state index contributed by atoms with van der Waals surface area (Å²) in [5.41, 5.74) is 5.22. The first-order valence-electron chi connectivity index (χ1n) is 4.37. The number of carbonyl (C=O) groups is 1. The van der Waals surface area contributed by atoms with Crippen molar-refractivity contribution in [1.82, 2.24) is 4.90 Å². The predicted octanol–water partition coefficient (Wildman–Crippen LogP) is 0.0908. The van der Waals surface area contributed by atoms with Crippen LogP contribution < -0.4 is 5.73 Å². The SMILES string of the molecule is N=C(CS)N1CCCC(C(N)=O)C1. The molecule has 0 aromatic rings. The van der Waals surface area contributed by atoms with Crippen LogP contribution in [0, 0.1) is 11.3 Å². The summed E-state index contributed by atoms with van der Waals surface area (Å²) in [7, 11) is 0. The molecule has 1 saturated heterocycles. The summed E-state index contributed by atoms with van der Waals surface area (Å²) in [5, 5.41) is 7.56. The average molecular weight is 201 g/mol. The smallest absolute Gasteiger partial charge is 0.222 e. The monoisotopic (exact) mass is 201 g/mol. The van der Waals surface area contributed by atoms with Crippen molar-refractivity contribution in [3.63, 3.8) is 0 Å². The van der Waals surface area contributed by atoms with Gasteiger partial charge in [-0.3, -0.25) is 10.2 Å². The van der Waals surface area contributed by atoms with E-state index in [1.165, 1.54) is 0 Å². The van der Waals surface area contributed by atoms with Gasteiger partial charge in [0.15, 0.2) is 0 Å². The normalized spacial score (nSPS) is 22.8. The third-order valence-electron chi connectivity index (χ3n) is 2.36. The summed E-state index contributed by atoms with van der Waals surface area (Å²) in [4.78, 5) is 12.8. The lowest BCUT2D eigenvalue weighted by atomic mass is 9.97. The Morgan fingerprint density at radius 1 is 1.69 bits per heavy atom. The molecule has 1 fully saturated rings. The number of carbonyl (C=O) groups excluding carboxylic acids is 1. The number of rotatable bonds is 2. The lowest BCUT2D eigenvalue weighted by molar-refractivity contribution is -0.122. The zero-order valence-electron chi connectivity index (χ0n) is 7.49. The van der Waals surface area contributed by atoms with Crippen LogP contribution in [0.5, 0.6) is 0 Å². The largest absolute Gasteiger partial charge is 0.369 e. The molecule has 0 aromatic carbocycles. The van der Waals surface area contributed by atoms with Gasteiger partial charge >= 0.3 is 0 Å². The molecule has 0 bridgehead atoms. The standard InChI is InChI=1S/C8H15N3OS/c9-7(5-13)11-3-1-2-6(4-11)8(10)12/h6,9,13H,1-5H2,(H2,10,12). The fourth-order valence-corrected chi connectivity index (χ4v) is 1.75. The highest BCUT2D eigenvalue weighted by Gasteiger charge is 2.24. The minimum atomic E-state index is -0.253. The number of hydrogen-bond donors (Lipinski definition) is 3. The maximum Gasteiger partial charge on any atom is 0.222 e. The van der Waals surface area contributed by atoms with Gasteiger partial charge in [-0.2, -0.15) is 12.6 Å². The Morgan fingerprint density at radius 3 is 2.92 bits per heavy atom. The molecule has 1 rings (SSSR count). The Kier molecular flexibility index (Phi) is 3.59. The maximum atomic E-state index is 10.9. The van der Waals surface area contributed by atoms with Crippen molar-refractivity contribution in [3.8, 4) is 0 Å². The van der Waals surface area contributed by atoms with Gasteiger partial charge in [-0.05, 0) is 12.8 Å². The molecule has 1 amide bonds. The summed E-state index contributed by atoms with van der Waals surface area (Å²) in [6.07, 6.45) is 1.79. The van der Waals surface area contributed by atoms with Crippen LogP contribution in [-0.4, -0.2) is 35.5 Å². The fourth-order valence-electron chi connectivity index (χ4n) is 1.55. The summed E-state index contributed by atoms with van der Waals surface area (Å²) in [6, 6.07) is 0. The van der Waals surface area contributed by atoms with E-state index < -0.39 is 0 Å². The highest BCUT2D eigenvalue weighted by molar-refractivity contribution is 7.81. The third-order valence-corrected chi connectivity index (χ3v) is 2.65. The van der Waals surface area contributed by atoms with Crippen LogP contribution in [0.2, 0.25) is 0 Å². The van der Waals surface area contributed by atoms with Crippen LogP contribution in [-0.2, 0) is 4.79 Å². The Bertz CT molecular complexity index is 219. The first-order valence-corrected chi connectivity index (χ1v) is 5.01. The van der Waals surface area contributed by atoms with E-state index >= 15 is 0 Å². The molecule has 5 heteroatoms. The van der Waals surface area contributed by atoms with Gasteiger partial charge in [0.05, 0.1) is 5.92 Å². The van der Waals surface area contributed by atoms with Crippen molar-refractivity contribution in [2.24, 2.45) is 11.7 Å². The molecule has 13 heavy (non-hydrogen) atoms. The third kappa shape index (κ3) is 2.62. The summed E-state index contributed by atoms with van der Waals surface area (Å²) in [5.74, 6) is 0.561. The van der Waals surface area contributed by atoms with Gasteiger partial charge in [-0.1, -0.05) is 0 Å². The highest BCUT2D eigenvalue weighted by Crippen LogP contribution is 2.16. The first-order chi connectivity index (χ1) is 6.15. The number of amidine groups is 1. The molecule has 0 aromatic heterocycles. The van der Waals surface area contributed by atoms with Crippen LogP contribution in [0.1, 0.15) is 12.8 Å². The minimum absolute atomic E-state index is 0.0889. The number of nitrogens with two attached hydrogens (primary N) is 1. The first kappa shape index (κ1) is 10.4. The van der Waals surface area contributed by atoms with Gasteiger partial charge in [0.25, 0.3) is 0 Å². The zero-order valence-corrected chi connectivity index (χ0v) is 8.39. The molecule has 74 valence electrons. The molecule has 0 radical (unpaired) electrons. The van der Waals surface area contributed by atoms with Gasteiger partial charge < -0.3 is 10.6 Å². The zero-order chi connectivity index (χ0) is 9.84. The second-order valence-corrected chi connectivity index (χ2v) is 3.61. The topological polar surface area (TPSA) is 70.2 Å². The highest BCUT2D eigenvalue weighted by atomic mass is 32.1. The number of piperidine rings is 1. The van der Waals surface area contributed by atoms with E-state index in [0.29, 0.717) is 18.1 Å². The number of nitrogens with zero attached hydrogens (tertiary/aromatic N) is 1. The number of thiol groups is 1. The maximum absolute atomic E-state index is 10.9. The van der Waals surface area contributed by atoms with Gasteiger partial charge in [-0.15, -0.1) is 0 Å². The summed E-state index contributed by atoms with van der Waals surface area (Å²) < 4.78 is 0. The van der Waals surface area contributed by atoms with Gasteiger partial charge in [0, 0.05) is 18.8 Å². The number of hydrogen-bond acceptors (Lipinski definition) is 3. The molecule has 3 N–H and O–H groups in total. The number of nitrogens with one attached hydrogen (secondary N) is 1. The van der Waals surface area contributed by atoms with Crippen LogP contribution in [0.4, 0.5) is 0 Å². The van der Waals surface area contributed by atoms with E-state index in [-0.39, 0.29) is 11.8 Å². The fraction of sp³-hybridized carbons (Fsp3) is 0.750. The quantitative estimate of drug-likeness (QED) is 0.337. The molecule has 0 aliphatic carbocycles. The van der Waals surface area contributed by atoms with Crippen LogP contribution in [0.3, 0.4) is 0 Å². The molecule has 1 aliphatic rings. The molecule has 0 saturated carbocycles. The lowest BCUT2D eigenvalue weighted by Crippen LogP contribution is -2.44. The van der Waals surface area contributed by atoms with Crippen molar-refractivity contribution in [2.45, 2.75) is 12.8 Å². The molecular weight excluding hydrogens is 186 g/mol. The molecule has 4 nitrogen and oxygen atoms in total. The van der Waals surface area contributed by atoms with E-state index in [1.807, 2.05) is 4.90 Å². The molecule has 1 heterocycles. The second kappa shape index (κ2) is 4.50. The minimum Gasteiger partial charge on any atom is -0.369 e. The Labute approximate surface area is 83.4 Å². The molecule has 0 spiro atoms. The van der Waals surface area contributed by atoms with Crippen LogP contribution in [0.15, 0.2) is 0 Å². The van der Waals surface area contributed by atoms with E-state index in [1.54, 1.807) is 0 Å². The lowest BCUT2D eigenvalue weighted by Gasteiger charge is -2.32. The van der Waals surface area contributed by atoms with E-state index in [9.17, 15) is 4.79 Å². The van der Waals surface area contributed by atoms with Crippen molar-refractivity contribution >= 4 is 24.4 Å². The number of likely N-dealkylation sites (tertiary alicyclic amines) is 1. The Balaban J connectivity index is 2.51. The Morgan fingerprint density at radius 2 is 2.38 bits per heavy atom. The van der Waals surface area contributed by atoms with Gasteiger partial charge in [0.1, 0.15) is 5.84 Å². The predicted molar refractivity (Wildman–Crippen MR) is 55.1 cm³/mol. The molecule has 1 aliphatic heterocycles. The van der Waals surface area contributed by atoms with Crippen molar-refractivity contribution in [2.75, 3.05) is 18.8 Å². The van der Waals surface area contributed by atoms with Gasteiger partial charge in [0.2, 0.25) is 5.91 Å². The molecule has 1 atom stereocenters. The van der Waals surface area contributed by atoms with Crippen molar-refractivity contribution in [3.05, 3.63) is 0 Å². The van der Waals surface area contributed by atoms with Crippen LogP contribution in [0.25, 0.3) is 0 Å². The van der Waals surface area contributed by atoms with E-state index in [4.69, 9.17) is 11.1 Å². The number of primary amides is 1. The summed E-state index contributed by atoms with van der Waals surface area (Å²) in [6.45, 7) is 1.44. The van der Waals surface area contributed by atoms with Crippen molar-refractivity contribution < 1.29 is 4.79 Å². The van der Waals surface area contributed by atoms with Gasteiger partial charge in [-0.25, -0.2) is 0 Å². The molecular formula is C8H15N3OS. The summed E-state index contributed by atoms with van der Waals surface area (Å²) >= 11 is 4.02. The van der Waals surface area contributed by atoms with Crippen molar-refractivity contribution in [1.29, 1.82) is 5.41 Å². The average Bonchev–Trinajstić information content (AvgIpc) is 2.17. The number of amides is 1.